The number of ether oxygens (including phenoxy) is 1. The summed E-state index contributed by atoms with van der Waals surface area (Å²) in [7, 11) is 1.62. The van der Waals surface area contributed by atoms with Crippen LogP contribution in [0.15, 0.2) is 57.8 Å². The lowest BCUT2D eigenvalue weighted by molar-refractivity contribution is 0.415. The highest BCUT2D eigenvalue weighted by molar-refractivity contribution is 7.90. The van der Waals surface area contributed by atoms with Crippen LogP contribution in [-0.4, -0.2) is 17.9 Å². The Bertz CT molecular complexity index is 567. The van der Waals surface area contributed by atoms with E-state index in [1.165, 1.54) is 0 Å². The number of aryl methyl sites for hydroxylation is 1. The van der Waals surface area contributed by atoms with E-state index in [2.05, 4.69) is 4.40 Å². The zero-order chi connectivity index (χ0) is 13.7. The molecule has 3 nitrogen and oxygen atoms in total. The fourth-order valence-electron chi connectivity index (χ4n) is 1.61. The van der Waals surface area contributed by atoms with Crippen molar-refractivity contribution in [3.05, 3.63) is 59.7 Å². The van der Waals surface area contributed by atoms with E-state index in [9.17, 15) is 4.55 Å². The molecule has 1 unspecified atom stereocenters. The van der Waals surface area contributed by atoms with Crippen molar-refractivity contribution >= 4 is 17.6 Å². The van der Waals surface area contributed by atoms with Crippen LogP contribution in [0.5, 0.6) is 5.75 Å². The van der Waals surface area contributed by atoms with E-state index >= 15 is 0 Å². The molecule has 0 heterocycles. The van der Waals surface area contributed by atoms with Gasteiger partial charge in [0, 0.05) is 5.56 Å². The van der Waals surface area contributed by atoms with Gasteiger partial charge >= 0.3 is 0 Å². The van der Waals surface area contributed by atoms with Gasteiger partial charge in [0.05, 0.1) is 13.3 Å². The number of hydrogen-bond acceptors (Lipinski definition) is 3. The quantitative estimate of drug-likeness (QED) is 0.634. The number of rotatable bonds is 4. The van der Waals surface area contributed by atoms with E-state index < -0.39 is 11.4 Å². The lowest BCUT2D eigenvalue weighted by atomic mass is 10.2. The van der Waals surface area contributed by atoms with Crippen molar-refractivity contribution in [2.24, 2.45) is 4.40 Å². The van der Waals surface area contributed by atoms with Gasteiger partial charge in [-0.2, -0.15) is 0 Å². The number of methoxy groups -OCH3 is 1. The first-order valence-electron chi connectivity index (χ1n) is 5.86. The Hall–Kier alpha value is -1.78. The highest BCUT2D eigenvalue weighted by Gasteiger charge is 2.11. The Morgan fingerprint density at radius 1 is 1.11 bits per heavy atom. The van der Waals surface area contributed by atoms with E-state index in [0.717, 1.165) is 21.8 Å². The molecule has 2 aromatic rings. The van der Waals surface area contributed by atoms with Crippen molar-refractivity contribution in [2.75, 3.05) is 7.11 Å². The van der Waals surface area contributed by atoms with E-state index in [4.69, 9.17) is 4.74 Å². The molecule has 0 fully saturated rings. The first-order chi connectivity index (χ1) is 9.20. The van der Waals surface area contributed by atoms with Crippen molar-refractivity contribution in [3.63, 3.8) is 0 Å². The zero-order valence-corrected chi connectivity index (χ0v) is 11.7. The molecule has 2 aromatic carbocycles. The molecule has 0 aromatic heterocycles. The molecule has 0 N–H and O–H groups in total. The molecular weight excluding hydrogens is 258 g/mol. The second kappa shape index (κ2) is 6.41. The monoisotopic (exact) mass is 273 g/mol. The summed E-state index contributed by atoms with van der Waals surface area (Å²) < 4.78 is 21.2. The van der Waals surface area contributed by atoms with Gasteiger partial charge in [-0.15, -0.1) is 0 Å². The van der Waals surface area contributed by atoms with Crippen LogP contribution in [0, 0.1) is 6.92 Å². The van der Waals surface area contributed by atoms with Crippen LogP contribution in [0.2, 0.25) is 0 Å². The van der Waals surface area contributed by atoms with Crippen LogP contribution in [0.25, 0.3) is 0 Å². The summed E-state index contributed by atoms with van der Waals surface area (Å²) in [5, 5.41) is 0. The summed E-state index contributed by atoms with van der Waals surface area (Å²) in [6, 6.07) is 15.0. The van der Waals surface area contributed by atoms with Crippen molar-refractivity contribution in [1.82, 2.24) is 0 Å². The highest BCUT2D eigenvalue weighted by Crippen LogP contribution is 2.17. The average molecular weight is 273 g/mol. The molecule has 0 radical (unpaired) electrons. The molecule has 0 saturated heterocycles. The van der Waals surface area contributed by atoms with Gasteiger partial charge in [0.2, 0.25) is 0 Å². The molecule has 1 atom stereocenters. The van der Waals surface area contributed by atoms with E-state index in [0.29, 0.717) is 0 Å². The summed E-state index contributed by atoms with van der Waals surface area (Å²) in [6.45, 7) is 1.93. The van der Waals surface area contributed by atoms with Crippen LogP contribution in [0.1, 0.15) is 11.1 Å². The summed E-state index contributed by atoms with van der Waals surface area (Å²) in [4.78, 5) is 0.743. The lowest BCUT2D eigenvalue weighted by Crippen LogP contribution is -2.00. The summed E-state index contributed by atoms with van der Waals surface area (Å²) >= 11 is -1.36. The Kier molecular flexibility index (Phi) is 4.60. The summed E-state index contributed by atoms with van der Waals surface area (Å²) in [5.74, 6) is 0.789. The number of benzene rings is 2. The van der Waals surface area contributed by atoms with Crippen molar-refractivity contribution in [2.45, 2.75) is 11.8 Å². The second-order valence-corrected chi connectivity index (χ2v) is 5.17. The average Bonchev–Trinajstić information content (AvgIpc) is 2.46. The van der Waals surface area contributed by atoms with Gasteiger partial charge in [-0.3, -0.25) is 0 Å². The van der Waals surface area contributed by atoms with Crippen LogP contribution in [-0.2, 0) is 11.4 Å². The maximum absolute atomic E-state index is 12.1. The van der Waals surface area contributed by atoms with Gasteiger partial charge < -0.3 is 9.29 Å². The SMILES string of the molecule is COc1ccc(C=N[S+]([O-])c2ccccc2C)cc1. The van der Waals surface area contributed by atoms with Gasteiger partial charge in [0.25, 0.3) is 0 Å². The predicted octanol–water partition coefficient (Wildman–Crippen LogP) is 3.15. The Balaban J connectivity index is 2.11. The molecule has 0 bridgehead atoms. The minimum atomic E-state index is -1.36. The maximum atomic E-state index is 12.1. The van der Waals surface area contributed by atoms with Crippen molar-refractivity contribution in [1.29, 1.82) is 0 Å². The standard InChI is InChI=1S/C15H15NO2S/c1-12-5-3-4-6-15(12)19(17)16-11-13-7-9-14(18-2)10-8-13/h3-11H,1-2H3. The first kappa shape index (κ1) is 13.6. The van der Waals surface area contributed by atoms with Crippen molar-refractivity contribution < 1.29 is 9.29 Å². The number of hydrogen-bond donors (Lipinski definition) is 0. The fraction of sp³-hybridized carbons (Fsp3) is 0.133. The third-order valence-electron chi connectivity index (χ3n) is 2.70. The molecular formula is C15H15NO2S. The first-order valence-corrected chi connectivity index (χ1v) is 6.97. The zero-order valence-electron chi connectivity index (χ0n) is 10.9. The number of nitrogens with zero attached hydrogens (tertiary/aromatic N) is 1. The summed E-state index contributed by atoms with van der Waals surface area (Å²) in [6.07, 6.45) is 1.61. The van der Waals surface area contributed by atoms with E-state index in [-0.39, 0.29) is 0 Å². The fourth-order valence-corrected chi connectivity index (χ4v) is 2.48. The molecule has 0 spiro atoms. The highest BCUT2D eigenvalue weighted by atomic mass is 32.2. The maximum Gasteiger partial charge on any atom is 0.185 e. The van der Waals surface area contributed by atoms with E-state index in [1.54, 1.807) is 13.3 Å². The Morgan fingerprint density at radius 3 is 2.42 bits per heavy atom. The van der Waals surface area contributed by atoms with Crippen LogP contribution in [0.4, 0.5) is 0 Å². The largest absolute Gasteiger partial charge is 0.586 e. The topological polar surface area (TPSA) is 44.6 Å². The normalized spacial score (nSPS) is 12.6. The Morgan fingerprint density at radius 2 is 1.79 bits per heavy atom. The van der Waals surface area contributed by atoms with Gasteiger partial charge in [0.15, 0.2) is 4.90 Å². The third kappa shape index (κ3) is 3.59. The van der Waals surface area contributed by atoms with E-state index in [1.807, 2.05) is 55.5 Å². The molecule has 0 saturated carbocycles. The van der Waals surface area contributed by atoms with Crippen molar-refractivity contribution in [3.8, 4) is 5.75 Å². The summed E-state index contributed by atoms with van der Waals surface area (Å²) in [5.41, 5.74) is 1.87. The molecule has 0 amide bonds. The lowest BCUT2D eigenvalue weighted by Gasteiger charge is -2.05. The van der Waals surface area contributed by atoms with Gasteiger partial charge in [-0.05, 0) is 42.8 Å². The van der Waals surface area contributed by atoms with Gasteiger partial charge in [-0.1, -0.05) is 22.6 Å². The van der Waals surface area contributed by atoms with Crippen LogP contribution >= 0.6 is 0 Å². The molecule has 4 heteroatoms. The molecule has 98 valence electrons. The molecule has 2 rings (SSSR count). The van der Waals surface area contributed by atoms with Gasteiger partial charge in [-0.25, -0.2) is 0 Å². The Labute approximate surface area is 116 Å². The molecule has 0 aliphatic heterocycles. The predicted molar refractivity (Wildman–Crippen MR) is 78.2 cm³/mol. The third-order valence-corrected chi connectivity index (χ3v) is 3.83. The smallest absolute Gasteiger partial charge is 0.185 e. The minimum absolute atomic E-state index is 0.743. The van der Waals surface area contributed by atoms with Crippen LogP contribution < -0.4 is 4.74 Å². The molecule has 19 heavy (non-hydrogen) atoms. The minimum Gasteiger partial charge on any atom is -0.586 e. The molecule has 0 aliphatic carbocycles. The van der Waals surface area contributed by atoms with Crippen LogP contribution in [0.3, 0.4) is 0 Å². The molecule has 0 aliphatic rings. The second-order valence-electron chi connectivity index (χ2n) is 4.02. The van der Waals surface area contributed by atoms with Gasteiger partial charge in [0.1, 0.15) is 17.1 Å².